The lowest BCUT2D eigenvalue weighted by Crippen LogP contribution is -2.27. The third kappa shape index (κ3) is 3.04. The minimum atomic E-state index is -0.497. The molecule has 1 N–H and O–H groups in total. The van der Waals surface area contributed by atoms with E-state index in [1.165, 1.54) is 0 Å². The number of fused-ring (bicyclic) bond motifs is 1. The summed E-state index contributed by atoms with van der Waals surface area (Å²) in [5, 5.41) is 2.74. The summed E-state index contributed by atoms with van der Waals surface area (Å²) in [7, 11) is 0. The highest BCUT2D eigenvalue weighted by Gasteiger charge is 2.17. The number of nitrogens with one attached hydrogen (secondary N) is 1. The standard InChI is InChI=1S/C13H15BrN2O2/c1-13(2,3)18-12(17)15-10-6-7-16-8-9(14)4-5-11(10)16/h4-8H,1-3H3,(H,15,17). The highest BCUT2D eigenvalue weighted by atomic mass is 79.9. The molecule has 0 aliphatic rings. The Balaban J connectivity index is 2.20. The van der Waals surface area contributed by atoms with Crippen LogP contribution in [0.2, 0.25) is 0 Å². The molecule has 0 fully saturated rings. The van der Waals surface area contributed by atoms with Gasteiger partial charge in [0.05, 0.1) is 11.2 Å². The first-order valence-electron chi connectivity index (χ1n) is 5.61. The molecule has 0 saturated heterocycles. The van der Waals surface area contributed by atoms with Crippen molar-refractivity contribution in [3.63, 3.8) is 0 Å². The van der Waals surface area contributed by atoms with Crippen molar-refractivity contribution in [3.05, 3.63) is 35.1 Å². The van der Waals surface area contributed by atoms with Gasteiger partial charge >= 0.3 is 6.09 Å². The molecule has 18 heavy (non-hydrogen) atoms. The van der Waals surface area contributed by atoms with Crippen LogP contribution >= 0.6 is 15.9 Å². The van der Waals surface area contributed by atoms with Crippen LogP contribution in [0.5, 0.6) is 0 Å². The van der Waals surface area contributed by atoms with Crippen LogP contribution in [-0.4, -0.2) is 16.1 Å². The van der Waals surface area contributed by atoms with Crippen LogP contribution < -0.4 is 5.32 Å². The van der Waals surface area contributed by atoms with Crippen molar-refractivity contribution in [2.75, 3.05) is 5.32 Å². The van der Waals surface area contributed by atoms with Gasteiger partial charge in [0, 0.05) is 16.9 Å². The smallest absolute Gasteiger partial charge is 0.412 e. The molecule has 2 rings (SSSR count). The number of rotatable bonds is 1. The minimum Gasteiger partial charge on any atom is -0.444 e. The SMILES string of the molecule is CC(C)(C)OC(=O)Nc1ccn2cc(Br)ccc12. The fraction of sp³-hybridized carbons (Fsp3) is 0.308. The van der Waals surface area contributed by atoms with Crippen molar-refractivity contribution in [1.82, 2.24) is 4.40 Å². The predicted molar refractivity (Wildman–Crippen MR) is 75.0 cm³/mol. The summed E-state index contributed by atoms with van der Waals surface area (Å²) >= 11 is 3.40. The lowest BCUT2D eigenvalue weighted by Gasteiger charge is -2.19. The molecule has 0 radical (unpaired) electrons. The number of anilines is 1. The number of hydrogen-bond donors (Lipinski definition) is 1. The largest absolute Gasteiger partial charge is 0.444 e. The molecular weight excluding hydrogens is 296 g/mol. The maximum absolute atomic E-state index is 11.7. The van der Waals surface area contributed by atoms with Crippen molar-refractivity contribution in [3.8, 4) is 0 Å². The number of nitrogens with zero attached hydrogens (tertiary/aromatic N) is 1. The fourth-order valence-electron chi connectivity index (χ4n) is 1.60. The number of halogens is 1. The second-order valence-corrected chi connectivity index (χ2v) is 5.91. The monoisotopic (exact) mass is 310 g/mol. The molecule has 5 heteroatoms. The van der Waals surface area contributed by atoms with Crippen LogP contribution in [0.4, 0.5) is 10.5 Å². The van der Waals surface area contributed by atoms with Crippen molar-refractivity contribution >= 4 is 33.2 Å². The molecule has 96 valence electrons. The third-order valence-corrected chi connectivity index (χ3v) is 2.72. The zero-order valence-corrected chi connectivity index (χ0v) is 12.1. The van der Waals surface area contributed by atoms with Gasteiger partial charge in [-0.25, -0.2) is 4.79 Å². The van der Waals surface area contributed by atoms with E-state index in [2.05, 4.69) is 21.2 Å². The molecule has 0 bridgehead atoms. The summed E-state index contributed by atoms with van der Waals surface area (Å²) in [5.41, 5.74) is 1.16. The van der Waals surface area contributed by atoms with E-state index < -0.39 is 11.7 Å². The van der Waals surface area contributed by atoms with Crippen LogP contribution in [0.15, 0.2) is 35.1 Å². The molecule has 0 atom stereocenters. The van der Waals surface area contributed by atoms with Gasteiger partial charge in [0.1, 0.15) is 5.60 Å². The van der Waals surface area contributed by atoms with E-state index in [1.807, 2.05) is 55.8 Å². The number of carbonyl (C=O) groups excluding carboxylic acids is 1. The molecule has 4 nitrogen and oxygen atoms in total. The number of amides is 1. The van der Waals surface area contributed by atoms with E-state index >= 15 is 0 Å². The number of carbonyl (C=O) groups is 1. The second-order valence-electron chi connectivity index (χ2n) is 5.00. The van der Waals surface area contributed by atoms with Crippen LogP contribution in [0.1, 0.15) is 20.8 Å². The zero-order valence-electron chi connectivity index (χ0n) is 10.5. The Bertz CT molecular complexity index is 584. The lowest BCUT2D eigenvalue weighted by molar-refractivity contribution is 0.0636. The van der Waals surface area contributed by atoms with Crippen LogP contribution in [-0.2, 0) is 4.74 Å². The Morgan fingerprint density at radius 1 is 1.33 bits per heavy atom. The number of hydrogen-bond acceptors (Lipinski definition) is 2. The van der Waals surface area contributed by atoms with Gasteiger partial charge in [-0.1, -0.05) is 0 Å². The molecule has 0 aromatic carbocycles. The highest BCUT2D eigenvalue weighted by Crippen LogP contribution is 2.22. The van der Waals surface area contributed by atoms with Gasteiger partial charge in [0.2, 0.25) is 0 Å². The Labute approximate surface area is 114 Å². The van der Waals surface area contributed by atoms with Crippen molar-refractivity contribution in [2.24, 2.45) is 0 Å². The molecule has 0 aliphatic carbocycles. The molecule has 0 unspecified atom stereocenters. The molecule has 2 aromatic heterocycles. The molecule has 2 heterocycles. The van der Waals surface area contributed by atoms with Crippen LogP contribution in [0.25, 0.3) is 5.52 Å². The molecular formula is C13H15BrN2O2. The van der Waals surface area contributed by atoms with Gasteiger partial charge in [-0.05, 0) is 54.9 Å². The summed E-state index contributed by atoms with van der Waals surface area (Å²) < 4.78 is 8.12. The first-order chi connectivity index (χ1) is 8.35. The summed E-state index contributed by atoms with van der Waals surface area (Å²) in [4.78, 5) is 11.7. The Hall–Kier alpha value is -1.49. The summed E-state index contributed by atoms with van der Waals surface area (Å²) in [6, 6.07) is 5.69. The zero-order chi connectivity index (χ0) is 13.3. The van der Waals surface area contributed by atoms with Gasteiger partial charge in [0.15, 0.2) is 0 Å². The quantitative estimate of drug-likeness (QED) is 0.863. The highest BCUT2D eigenvalue weighted by molar-refractivity contribution is 9.10. The molecule has 2 aromatic rings. The summed E-state index contributed by atoms with van der Waals surface area (Å²) in [6.45, 7) is 5.50. The van der Waals surface area contributed by atoms with E-state index in [0.29, 0.717) is 0 Å². The summed E-state index contributed by atoms with van der Waals surface area (Å²) in [5.74, 6) is 0. The number of pyridine rings is 1. The van der Waals surface area contributed by atoms with E-state index in [9.17, 15) is 4.79 Å². The van der Waals surface area contributed by atoms with E-state index in [4.69, 9.17) is 4.74 Å². The molecule has 0 saturated carbocycles. The van der Waals surface area contributed by atoms with E-state index in [1.54, 1.807) is 0 Å². The van der Waals surface area contributed by atoms with Gasteiger partial charge in [-0.3, -0.25) is 5.32 Å². The van der Waals surface area contributed by atoms with Crippen LogP contribution in [0, 0.1) is 0 Å². The summed E-state index contributed by atoms with van der Waals surface area (Å²) in [6.07, 6.45) is 3.36. The topological polar surface area (TPSA) is 42.7 Å². The molecule has 1 amide bonds. The Morgan fingerprint density at radius 2 is 2.06 bits per heavy atom. The van der Waals surface area contributed by atoms with Gasteiger partial charge in [-0.15, -0.1) is 0 Å². The van der Waals surface area contributed by atoms with Gasteiger partial charge < -0.3 is 9.14 Å². The molecule has 0 spiro atoms. The maximum Gasteiger partial charge on any atom is 0.412 e. The van der Waals surface area contributed by atoms with Gasteiger partial charge in [-0.2, -0.15) is 0 Å². The fourth-order valence-corrected chi connectivity index (χ4v) is 1.95. The Morgan fingerprint density at radius 3 is 2.72 bits per heavy atom. The second kappa shape index (κ2) is 4.65. The van der Waals surface area contributed by atoms with E-state index in [-0.39, 0.29) is 0 Å². The first kappa shape index (κ1) is 13.0. The average Bonchev–Trinajstić information content (AvgIpc) is 2.57. The predicted octanol–water partition coefficient (Wildman–Crippen LogP) is 4.05. The lowest BCUT2D eigenvalue weighted by atomic mass is 10.2. The van der Waals surface area contributed by atoms with Gasteiger partial charge in [0.25, 0.3) is 0 Å². The number of aromatic nitrogens is 1. The molecule has 0 aliphatic heterocycles. The van der Waals surface area contributed by atoms with E-state index in [0.717, 1.165) is 15.7 Å². The Kier molecular flexibility index (Phi) is 3.34. The maximum atomic E-state index is 11.7. The normalized spacial score (nSPS) is 11.6. The van der Waals surface area contributed by atoms with Crippen molar-refractivity contribution < 1.29 is 9.53 Å². The average molecular weight is 311 g/mol. The number of ether oxygens (including phenoxy) is 1. The third-order valence-electron chi connectivity index (χ3n) is 2.25. The minimum absolute atomic E-state index is 0.446. The van der Waals surface area contributed by atoms with Crippen molar-refractivity contribution in [1.29, 1.82) is 0 Å². The first-order valence-corrected chi connectivity index (χ1v) is 6.41. The van der Waals surface area contributed by atoms with Crippen molar-refractivity contribution in [2.45, 2.75) is 26.4 Å². The van der Waals surface area contributed by atoms with Crippen LogP contribution in [0.3, 0.4) is 0 Å².